The Balaban J connectivity index is 2.06. The lowest BCUT2D eigenvalue weighted by Gasteiger charge is -2.14. The first-order valence-electron chi connectivity index (χ1n) is 9.33. The normalized spacial score (nSPS) is 11.2. The lowest BCUT2D eigenvalue weighted by atomic mass is 10.1. The zero-order valence-electron chi connectivity index (χ0n) is 17.4. The van der Waals surface area contributed by atoms with Crippen LogP contribution in [0.5, 0.6) is 5.75 Å². The summed E-state index contributed by atoms with van der Waals surface area (Å²) in [6.45, 7) is 3.76. The average Bonchev–Trinajstić information content (AvgIpc) is 2.72. The van der Waals surface area contributed by atoms with Gasteiger partial charge < -0.3 is 14.8 Å². The van der Waals surface area contributed by atoms with Crippen LogP contribution in [0.1, 0.15) is 40.1 Å². The van der Waals surface area contributed by atoms with E-state index in [1.54, 1.807) is 38.1 Å². The van der Waals surface area contributed by atoms with E-state index in [0.29, 0.717) is 18.5 Å². The first kappa shape index (κ1) is 23.4. The van der Waals surface area contributed by atoms with Crippen molar-refractivity contribution >= 4 is 21.9 Å². The molecule has 0 bridgehead atoms. The Kier molecular flexibility index (Phi) is 7.96. The van der Waals surface area contributed by atoms with Gasteiger partial charge in [-0.05, 0) is 56.2 Å². The Bertz CT molecular complexity index is 1000. The van der Waals surface area contributed by atoms with Gasteiger partial charge in [-0.2, -0.15) is 0 Å². The number of rotatable bonds is 9. The van der Waals surface area contributed by atoms with Gasteiger partial charge in [0.25, 0.3) is 5.91 Å². The third-order valence-corrected chi connectivity index (χ3v) is 5.86. The molecule has 8 nitrogen and oxygen atoms in total. The maximum absolute atomic E-state index is 12.5. The molecule has 0 saturated carbocycles. The Morgan fingerprint density at radius 1 is 1.00 bits per heavy atom. The summed E-state index contributed by atoms with van der Waals surface area (Å²) >= 11 is 0. The van der Waals surface area contributed by atoms with E-state index in [9.17, 15) is 18.0 Å². The van der Waals surface area contributed by atoms with Gasteiger partial charge in [-0.1, -0.05) is 12.1 Å². The number of amides is 1. The van der Waals surface area contributed by atoms with Crippen molar-refractivity contribution in [1.29, 1.82) is 0 Å². The summed E-state index contributed by atoms with van der Waals surface area (Å²) in [4.78, 5) is 23.8. The number of ether oxygens (including phenoxy) is 2. The molecule has 2 aromatic rings. The van der Waals surface area contributed by atoms with Crippen molar-refractivity contribution in [2.24, 2.45) is 0 Å². The van der Waals surface area contributed by atoms with Crippen molar-refractivity contribution in [3.63, 3.8) is 0 Å². The lowest BCUT2D eigenvalue weighted by Crippen LogP contribution is -2.31. The molecule has 1 amide bonds. The van der Waals surface area contributed by atoms with Crippen LogP contribution >= 0.6 is 0 Å². The maximum Gasteiger partial charge on any atom is 0.337 e. The number of hydrogen-bond acceptors (Lipinski definition) is 6. The zero-order valence-corrected chi connectivity index (χ0v) is 18.2. The number of carbonyl (C=O) groups excluding carboxylic acids is 2. The van der Waals surface area contributed by atoms with E-state index in [1.807, 2.05) is 0 Å². The number of benzene rings is 2. The van der Waals surface area contributed by atoms with E-state index in [-0.39, 0.29) is 22.3 Å². The third kappa shape index (κ3) is 6.04. The van der Waals surface area contributed by atoms with Crippen LogP contribution in [0.25, 0.3) is 0 Å². The molecule has 0 aliphatic carbocycles. The molecule has 0 radical (unpaired) electrons. The summed E-state index contributed by atoms with van der Waals surface area (Å²) in [5.41, 5.74) is 1.59. The Labute approximate surface area is 176 Å². The van der Waals surface area contributed by atoms with E-state index in [4.69, 9.17) is 4.74 Å². The van der Waals surface area contributed by atoms with Crippen LogP contribution in [0.15, 0.2) is 47.4 Å². The molecule has 0 aliphatic heterocycles. The van der Waals surface area contributed by atoms with Gasteiger partial charge in [0.2, 0.25) is 10.0 Å². The van der Waals surface area contributed by atoms with Gasteiger partial charge in [0.1, 0.15) is 10.6 Å². The quantitative estimate of drug-likeness (QED) is 0.585. The van der Waals surface area contributed by atoms with Gasteiger partial charge in [0.05, 0.1) is 19.8 Å². The number of esters is 1. The van der Waals surface area contributed by atoms with Gasteiger partial charge in [0.15, 0.2) is 0 Å². The van der Waals surface area contributed by atoms with Crippen molar-refractivity contribution in [1.82, 2.24) is 10.0 Å². The number of methoxy groups -OCH3 is 2. The highest BCUT2D eigenvalue weighted by molar-refractivity contribution is 7.89. The van der Waals surface area contributed by atoms with E-state index in [0.717, 1.165) is 5.56 Å². The molecule has 0 unspecified atom stereocenters. The van der Waals surface area contributed by atoms with Gasteiger partial charge in [0, 0.05) is 18.2 Å². The lowest BCUT2D eigenvalue weighted by molar-refractivity contribution is 0.0600. The van der Waals surface area contributed by atoms with Crippen LogP contribution < -0.4 is 14.8 Å². The predicted octanol–water partition coefficient (Wildman–Crippen LogP) is 2.14. The van der Waals surface area contributed by atoms with E-state index in [1.165, 1.54) is 32.4 Å². The van der Waals surface area contributed by atoms with Gasteiger partial charge in [-0.25, -0.2) is 17.9 Å². The van der Waals surface area contributed by atoms with Crippen LogP contribution in [0.4, 0.5) is 0 Å². The highest BCUT2D eigenvalue weighted by Gasteiger charge is 2.22. The fourth-order valence-electron chi connectivity index (χ4n) is 2.75. The standard InChI is InChI=1S/C21H26N2O6S/c1-14(2)23-30(26,27)19-13-17(9-10-18(19)28-3)20(24)22-12-11-15-5-7-16(8-6-15)21(25)29-4/h5-10,13-14,23H,11-12H2,1-4H3,(H,22,24). The molecule has 0 saturated heterocycles. The van der Waals surface area contributed by atoms with E-state index >= 15 is 0 Å². The van der Waals surface area contributed by atoms with Crippen molar-refractivity contribution in [2.75, 3.05) is 20.8 Å². The first-order valence-corrected chi connectivity index (χ1v) is 10.8. The molecular formula is C21H26N2O6S. The monoisotopic (exact) mass is 434 g/mol. The fraction of sp³-hybridized carbons (Fsp3) is 0.333. The second-order valence-electron chi connectivity index (χ2n) is 6.84. The summed E-state index contributed by atoms with van der Waals surface area (Å²) in [6, 6.07) is 10.8. The molecule has 2 N–H and O–H groups in total. The Morgan fingerprint density at radius 3 is 2.20 bits per heavy atom. The molecule has 162 valence electrons. The van der Waals surface area contributed by atoms with Gasteiger partial charge in [-0.15, -0.1) is 0 Å². The van der Waals surface area contributed by atoms with Crippen molar-refractivity contribution in [3.8, 4) is 5.75 Å². The highest BCUT2D eigenvalue weighted by atomic mass is 32.2. The van der Waals surface area contributed by atoms with Crippen LogP contribution in [0.3, 0.4) is 0 Å². The van der Waals surface area contributed by atoms with E-state index in [2.05, 4.69) is 14.8 Å². The summed E-state index contributed by atoms with van der Waals surface area (Å²) in [7, 11) is -1.14. The molecule has 0 fully saturated rings. The second kappa shape index (κ2) is 10.2. The molecular weight excluding hydrogens is 408 g/mol. The second-order valence-corrected chi connectivity index (χ2v) is 8.52. The number of sulfonamides is 1. The summed E-state index contributed by atoms with van der Waals surface area (Å²) in [6.07, 6.45) is 0.545. The number of hydrogen-bond donors (Lipinski definition) is 2. The minimum atomic E-state index is -3.83. The Morgan fingerprint density at radius 2 is 1.63 bits per heavy atom. The highest BCUT2D eigenvalue weighted by Crippen LogP contribution is 2.25. The first-order chi connectivity index (χ1) is 14.2. The smallest absolute Gasteiger partial charge is 0.337 e. The largest absolute Gasteiger partial charge is 0.495 e. The van der Waals surface area contributed by atoms with Crippen molar-refractivity contribution in [3.05, 3.63) is 59.2 Å². The summed E-state index contributed by atoms with van der Waals surface area (Å²) in [5, 5.41) is 2.77. The molecule has 0 spiro atoms. The van der Waals surface area contributed by atoms with Crippen molar-refractivity contribution in [2.45, 2.75) is 31.2 Å². The molecule has 30 heavy (non-hydrogen) atoms. The minimum absolute atomic E-state index is 0.0928. The molecule has 2 aromatic carbocycles. The minimum Gasteiger partial charge on any atom is -0.495 e. The SMILES string of the molecule is COC(=O)c1ccc(CCNC(=O)c2ccc(OC)c(S(=O)(=O)NC(C)C)c2)cc1. The molecule has 2 rings (SSSR count). The van der Waals surface area contributed by atoms with Gasteiger partial charge >= 0.3 is 5.97 Å². The topological polar surface area (TPSA) is 111 Å². The predicted molar refractivity (Wildman–Crippen MR) is 112 cm³/mol. The van der Waals surface area contributed by atoms with Crippen LogP contribution in [0, 0.1) is 0 Å². The maximum atomic E-state index is 12.5. The van der Waals surface area contributed by atoms with Gasteiger partial charge in [-0.3, -0.25) is 4.79 Å². The zero-order chi connectivity index (χ0) is 22.3. The van der Waals surface area contributed by atoms with Crippen LogP contribution in [-0.4, -0.2) is 47.1 Å². The average molecular weight is 435 g/mol. The van der Waals surface area contributed by atoms with Crippen molar-refractivity contribution < 1.29 is 27.5 Å². The third-order valence-electron chi connectivity index (χ3n) is 4.18. The van der Waals surface area contributed by atoms with E-state index < -0.39 is 21.9 Å². The van der Waals surface area contributed by atoms with Crippen LogP contribution in [0.2, 0.25) is 0 Å². The fourth-order valence-corrected chi connectivity index (χ4v) is 4.20. The Hall–Kier alpha value is -2.91. The summed E-state index contributed by atoms with van der Waals surface area (Å²) in [5.74, 6) is -0.651. The molecule has 0 aromatic heterocycles. The molecule has 0 aliphatic rings. The number of carbonyl (C=O) groups is 2. The van der Waals surface area contributed by atoms with Crippen LogP contribution in [-0.2, 0) is 21.2 Å². The molecule has 0 heterocycles. The summed E-state index contributed by atoms with van der Waals surface area (Å²) < 4.78 is 37.4. The molecule has 0 atom stereocenters. The molecule has 9 heteroatoms. The number of nitrogens with one attached hydrogen (secondary N) is 2.